The van der Waals surface area contributed by atoms with E-state index >= 15 is 0 Å². The second-order valence-corrected chi connectivity index (χ2v) is 7.43. The van der Waals surface area contributed by atoms with E-state index in [4.69, 9.17) is 0 Å². The first-order valence-corrected chi connectivity index (χ1v) is 9.67. The SMILES string of the molecule is CCNC(=NCc1ncc(CC)s1)NCCC1CCN(C)CC1. The van der Waals surface area contributed by atoms with Gasteiger partial charge in [-0.25, -0.2) is 9.98 Å². The highest BCUT2D eigenvalue weighted by Crippen LogP contribution is 2.18. The molecule has 0 atom stereocenters. The summed E-state index contributed by atoms with van der Waals surface area (Å²) in [4.78, 5) is 12.8. The van der Waals surface area contributed by atoms with Crippen LogP contribution in [0.15, 0.2) is 11.2 Å². The van der Waals surface area contributed by atoms with Gasteiger partial charge in [-0.2, -0.15) is 0 Å². The molecule has 1 aliphatic heterocycles. The molecule has 5 nitrogen and oxygen atoms in total. The summed E-state index contributed by atoms with van der Waals surface area (Å²) >= 11 is 1.76. The minimum absolute atomic E-state index is 0.661. The summed E-state index contributed by atoms with van der Waals surface area (Å²) < 4.78 is 0. The Bertz CT molecular complexity index is 477. The Morgan fingerprint density at radius 1 is 1.35 bits per heavy atom. The average Bonchev–Trinajstić information content (AvgIpc) is 3.02. The van der Waals surface area contributed by atoms with Crippen LogP contribution in [-0.4, -0.2) is 49.1 Å². The Labute approximate surface area is 144 Å². The zero-order valence-electron chi connectivity index (χ0n) is 14.8. The lowest BCUT2D eigenvalue weighted by Crippen LogP contribution is -2.39. The molecule has 1 aromatic rings. The maximum atomic E-state index is 4.66. The normalized spacial score (nSPS) is 17.4. The largest absolute Gasteiger partial charge is 0.357 e. The van der Waals surface area contributed by atoms with E-state index in [0.29, 0.717) is 6.54 Å². The molecule has 0 amide bonds. The number of aromatic nitrogens is 1. The summed E-state index contributed by atoms with van der Waals surface area (Å²) in [5.74, 6) is 1.77. The van der Waals surface area contributed by atoms with Crippen LogP contribution in [-0.2, 0) is 13.0 Å². The van der Waals surface area contributed by atoms with Crippen LogP contribution >= 0.6 is 11.3 Å². The lowest BCUT2D eigenvalue weighted by Gasteiger charge is -2.29. The third-order valence-corrected chi connectivity index (χ3v) is 5.48. The van der Waals surface area contributed by atoms with Gasteiger partial charge >= 0.3 is 0 Å². The molecule has 1 saturated heterocycles. The molecule has 1 fully saturated rings. The van der Waals surface area contributed by atoms with Crippen molar-refractivity contribution in [2.45, 2.75) is 46.1 Å². The highest BCUT2D eigenvalue weighted by molar-refractivity contribution is 7.11. The third-order valence-electron chi connectivity index (χ3n) is 4.35. The van der Waals surface area contributed by atoms with E-state index in [-0.39, 0.29) is 0 Å². The molecule has 1 aliphatic rings. The van der Waals surface area contributed by atoms with Gasteiger partial charge in [0.05, 0.1) is 6.54 Å². The molecule has 0 unspecified atom stereocenters. The summed E-state index contributed by atoms with van der Waals surface area (Å²) in [5, 5.41) is 7.89. The quantitative estimate of drug-likeness (QED) is 0.593. The predicted octanol–water partition coefficient (Wildman–Crippen LogP) is 2.49. The van der Waals surface area contributed by atoms with Crippen LogP contribution in [0.2, 0.25) is 0 Å². The van der Waals surface area contributed by atoms with Crippen molar-refractivity contribution >= 4 is 17.3 Å². The molecule has 23 heavy (non-hydrogen) atoms. The van der Waals surface area contributed by atoms with Crippen LogP contribution < -0.4 is 10.6 Å². The summed E-state index contributed by atoms with van der Waals surface area (Å²) in [6.07, 6.45) is 6.90. The fourth-order valence-corrected chi connectivity index (χ4v) is 3.61. The second kappa shape index (κ2) is 9.88. The van der Waals surface area contributed by atoms with Gasteiger partial charge in [-0.3, -0.25) is 0 Å². The van der Waals surface area contributed by atoms with Crippen molar-refractivity contribution in [3.63, 3.8) is 0 Å². The molecule has 2 N–H and O–H groups in total. The third kappa shape index (κ3) is 6.47. The molecule has 6 heteroatoms. The van der Waals surface area contributed by atoms with E-state index < -0.39 is 0 Å². The number of likely N-dealkylation sites (tertiary alicyclic amines) is 1. The number of aryl methyl sites for hydroxylation is 1. The Kier molecular flexibility index (Phi) is 7.82. The summed E-state index contributed by atoms with van der Waals surface area (Å²) in [6, 6.07) is 0. The van der Waals surface area contributed by atoms with Crippen LogP contribution in [0.5, 0.6) is 0 Å². The topological polar surface area (TPSA) is 52.6 Å². The van der Waals surface area contributed by atoms with Gasteiger partial charge in [-0.1, -0.05) is 6.92 Å². The van der Waals surface area contributed by atoms with Gasteiger partial charge in [0.2, 0.25) is 0 Å². The molecular formula is C17H31N5S. The van der Waals surface area contributed by atoms with Crippen molar-refractivity contribution in [2.24, 2.45) is 10.9 Å². The number of hydrogen-bond donors (Lipinski definition) is 2. The number of nitrogens with one attached hydrogen (secondary N) is 2. The smallest absolute Gasteiger partial charge is 0.191 e. The number of guanidine groups is 1. The second-order valence-electron chi connectivity index (χ2n) is 6.23. The van der Waals surface area contributed by atoms with Crippen LogP contribution in [0.1, 0.15) is 43.0 Å². The Morgan fingerprint density at radius 3 is 2.78 bits per heavy atom. The minimum atomic E-state index is 0.661. The molecule has 0 radical (unpaired) electrons. The number of hydrogen-bond acceptors (Lipinski definition) is 4. The zero-order valence-corrected chi connectivity index (χ0v) is 15.6. The number of thiazole rings is 1. The first-order valence-electron chi connectivity index (χ1n) is 8.85. The maximum absolute atomic E-state index is 4.66. The molecule has 0 bridgehead atoms. The minimum Gasteiger partial charge on any atom is -0.357 e. The van der Waals surface area contributed by atoms with Gasteiger partial charge in [0.15, 0.2) is 5.96 Å². The summed E-state index contributed by atoms with van der Waals surface area (Å²) in [7, 11) is 2.22. The van der Waals surface area contributed by atoms with Gasteiger partial charge in [-0.05, 0) is 58.7 Å². The predicted molar refractivity (Wildman–Crippen MR) is 99.1 cm³/mol. The van der Waals surface area contributed by atoms with Gasteiger partial charge < -0.3 is 15.5 Å². The highest BCUT2D eigenvalue weighted by Gasteiger charge is 2.16. The van der Waals surface area contributed by atoms with Crippen molar-refractivity contribution < 1.29 is 0 Å². The molecule has 2 heterocycles. The summed E-state index contributed by atoms with van der Waals surface area (Å²) in [5.41, 5.74) is 0. The fourth-order valence-electron chi connectivity index (χ4n) is 2.82. The van der Waals surface area contributed by atoms with E-state index in [2.05, 4.69) is 46.4 Å². The molecule has 0 aliphatic carbocycles. The van der Waals surface area contributed by atoms with Gasteiger partial charge in [0.25, 0.3) is 0 Å². The molecule has 0 saturated carbocycles. The van der Waals surface area contributed by atoms with Gasteiger partial charge in [0.1, 0.15) is 5.01 Å². The van der Waals surface area contributed by atoms with E-state index in [1.54, 1.807) is 11.3 Å². The van der Waals surface area contributed by atoms with Crippen LogP contribution in [0.4, 0.5) is 0 Å². The van der Waals surface area contributed by atoms with Crippen molar-refractivity contribution in [1.82, 2.24) is 20.5 Å². The Morgan fingerprint density at radius 2 is 2.13 bits per heavy atom. The Hall–Kier alpha value is -1.14. The fraction of sp³-hybridized carbons (Fsp3) is 0.765. The van der Waals surface area contributed by atoms with E-state index in [1.165, 1.54) is 37.2 Å². The first kappa shape index (κ1) is 18.2. The molecule has 0 spiro atoms. The first-order chi connectivity index (χ1) is 11.2. The average molecular weight is 338 g/mol. The molecular weight excluding hydrogens is 306 g/mol. The van der Waals surface area contributed by atoms with Crippen LogP contribution in [0.3, 0.4) is 0 Å². The number of rotatable bonds is 7. The van der Waals surface area contributed by atoms with Crippen molar-refractivity contribution in [3.8, 4) is 0 Å². The maximum Gasteiger partial charge on any atom is 0.191 e. The monoisotopic (exact) mass is 337 g/mol. The standard InChI is InChI=1S/C17H31N5S/c1-4-15-12-20-16(23-15)13-21-17(18-5-2)19-9-6-14-7-10-22(3)11-8-14/h12,14H,4-11,13H2,1-3H3,(H2,18,19,21). The van der Waals surface area contributed by atoms with Crippen molar-refractivity contribution in [2.75, 3.05) is 33.2 Å². The molecule has 2 rings (SSSR count). The van der Waals surface area contributed by atoms with E-state index in [0.717, 1.165) is 36.4 Å². The van der Waals surface area contributed by atoms with Crippen LogP contribution in [0, 0.1) is 5.92 Å². The van der Waals surface area contributed by atoms with Crippen molar-refractivity contribution in [3.05, 3.63) is 16.1 Å². The lowest BCUT2D eigenvalue weighted by molar-refractivity contribution is 0.213. The van der Waals surface area contributed by atoms with Crippen LogP contribution in [0.25, 0.3) is 0 Å². The molecule has 0 aromatic carbocycles. The van der Waals surface area contributed by atoms with Crippen molar-refractivity contribution in [1.29, 1.82) is 0 Å². The number of aliphatic imine (C=N–C) groups is 1. The number of piperidine rings is 1. The highest BCUT2D eigenvalue weighted by atomic mass is 32.1. The number of nitrogens with zero attached hydrogens (tertiary/aromatic N) is 3. The molecule has 130 valence electrons. The van der Waals surface area contributed by atoms with E-state index in [9.17, 15) is 0 Å². The molecule has 1 aromatic heterocycles. The van der Waals surface area contributed by atoms with E-state index in [1.807, 2.05) is 6.20 Å². The summed E-state index contributed by atoms with van der Waals surface area (Å²) in [6.45, 7) is 9.29. The zero-order chi connectivity index (χ0) is 16.5. The Balaban J connectivity index is 1.75. The lowest BCUT2D eigenvalue weighted by atomic mass is 9.94. The van der Waals surface area contributed by atoms with Gasteiger partial charge in [-0.15, -0.1) is 11.3 Å². The van der Waals surface area contributed by atoms with Gasteiger partial charge in [0, 0.05) is 24.2 Å².